The lowest BCUT2D eigenvalue weighted by molar-refractivity contribution is 0.0821. The van der Waals surface area contributed by atoms with Gasteiger partial charge in [-0.05, 0) is 73.5 Å². The summed E-state index contributed by atoms with van der Waals surface area (Å²) >= 11 is 14.2. The van der Waals surface area contributed by atoms with Crippen LogP contribution in [0.5, 0.6) is 5.75 Å². The van der Waals surface area contributed by atoms with Crippen LogP contribution in [0.15, 0.2) is 76.9 Å². The first-order valence-corrected chi connectivity index (χ1v) is 17.0. The first kappa shape index (κ1) is 34.9. The number of carbonyl (C=O) groups excluding carboxylic acids is 1. The molecule has 242 valence electrons. The molecule has 0 radical (unpaired) electrons. The van der Waals surface area contributed by atoms with Gasteiger partial charge in [0.05, 0.1) is 34.5 Å². The van der Waals surface area contributed by atoms with Gasteiger partial charge in [0, 0.05) is 28.4 Å². The summed E-state index contributed by atoms with van der Waals surface area (Å²) in [6, 6.07) is 15.4. The Kier molecular flexibility index (Phi) is 10.7. The lowest BCUT2D eigenvalue weighted by Gasteiger charge is -2.33. The maximum absolute atomic E-state index is 13.9. The van der Waals surface area contributed by atoms with Crippen molar-refractivity contribution >= 4 is 51.8 Å². The van der Waals surface area contributed by atoms with Gasteiger partial charge in [0.15, 0.2) is 5.16 Å². The van der Waals surface area contributed by atoms with Crippen LogP contribution in [0, 0.1) is 5.82 Å². The molecule has 0 bridgehead atoms. The Hall–Kier alpha value is -2.97. The van der Waals surface area contributed by atoms with Crippen molar-refractivity contribution < 1.29 is 28.1 Å². The summed E-state index contributed by atoms with van der Waals surface area (Å²) in [6.45, 7) is 7.02. The summed E-state index contributed by atoms with van der Waals surface area (Å²) in [4.78, 5) is 16.9. The number of nitrogens with one attached hydrogen (secondary N) is 2. The van der Waals surface area contributed by atoms with Crippen LogP contribution in [-0.4, -0.2) is 49.0 Å². The number of hydrogen-bond donors (Lipinski definition) is 5. The van der Waals surface area contributed by atoms with Crippen molar-refractivity contribution in [1.29, 1.82) is 0 Å². The fraction of sp³-hybridized carbons (Fsp3) is 0.290. The molecule has 0 spiro atoms. The van der Waals surface area contributed by atoms with Gasteiger partial charge in [0.1, 0.15) is 11.6 Å². The second-order valence-corrected chi connectivity index (χ2v) is 14.9. The number of urea groups is 1. The standard InChI is InChI=1S/C31H35Cl2FN4O5S2/c1-30(2,40)18-36-28(39)37-45(41,42)23-12-6-19(25(33)15-23)17-44-29-35-16-27(38(29)22-10-8-21(34)9-11-22)31(3,4)20-7-13-24(32)26(14-20)43-5/h6-16,40-42H,17-18H2,1-5H3,(H2,36,37,39). The van der Waals surface area contributed by atoms with E-state index < -0.39 is 27.8 Å². The highest BCUT2D eigenvalue weighted by Gasteiger charge is 2.30. The predicted molar refractivity (Wildman–Crippen MR) is 179 cm³/mol. The zero-order chi connectivity index (χ0) is 33.2. The Morgan fingerprint density at radius 1 is 1.04 bits per heavy atom. The molecule has 4 aromatic rings. The normalized spacial score (nSPS) is 12.6. The number of aromatic nitrogens is 2. The first-order valence-electron chi connectivity index (χ1n) is 13.7. The van der Waals surface area contributed by atoms with E-state index in [1.165, 1.54) is 49.9 Å². The highest BCUT2D eigenvalue weighted by Crippen LogP contribution is 2.46. The molecule has 0 fully saturated rings. The van der Waals surface area contributed by atoms with E-state index in [2.05, 4.69) is 10.0 Å². The number of ether oxygens (including phenoxy) is 1. The monoisotopic (exact) mass is 696 g/mol. The van der Waals surface area contributed by atoms with Crippen LogP contribution in [0.3, 0.4) is 0 Å². The summed E-state index contributed by atoms with van der Waals surface area (Å²) in [5.41, 5.74) is 1.43. The minimum Gasteiger partial charge on any atom is -0.495 e. The molecular weight excluding hydrogens is 662 g/mol. The van der Waals surface area contributed by atoms with Crippen molar-refractivity contribution in [3.05, 3.63) is 99.5 Å². The number of nitrogens with zero attached hydrogens (tertiary/aromatic N) is 2. The van der Waals surface area contributed by atoms with Crippen LogP contribution in [0.2, 0.25) is 10.0 Å². The van der Waals surface area contributed by atoms with E-state index in [4.69, 9.17) is 32.9 Å². The Balaban J connectivity index is 1.61. The SMILES string of the molecule is COc1cc(C(C)(C)c2cnc(SCc3ccc(S(O)(O)NC(=O)NCC(C)(C)O)cc3Cl)n2-c2ccc(F)cc2)ccc1Cl. The van der Waals surface area contributed by atoms with E-state index in [1.54, 1.807) is 37.6 Å². The van der Waals surface area contributed by atoms with E-state index in [1.807, 2.05) is 30.5 Å². The molecule has 0 saturated heterocycles. The smallest absolute Gasteiger partial charge is 0.333 e. The third-order valence-electron chi connectivity index (χ3n) is 6.95. The van der Waals surface area contributed by atoms with Gasteiger partial charge in [-0.3, -0.25) is 13.7 Å². The van der Waals surface area contributed by atoms with Crippen molar-refractivity contribution in [2.45, 2.75) is 54.5 Å². The van der Waals surface area contributed by atoms with E-state index in [-0.39, 0.29) is 22.3 Å². The maximum Gasteiger partial charge on any atom is 0.333 e. The zero-order valence-corrected chi connectivity index (χ0v) is 28.4. The third-order valence-corrected chi connectivity index (χ3v) is 10.0. The molecule has 0 saturated carbocycles. The fourth-order valence-electron chi connectivity index (χ4n) is 4.40. The van der Waals surface area contributed by atoms with E-state index in [9.17, 15) is 23.4 Å². The number of imidazole rings is 1. The lowest BCUT2D eigenvalue weighted by atomic mass is 9.81. The number of benzene rings is 3. The Morgan fingerprint density at radius 3 is 2.36 bits per heavy atom. The van der Waals surface area contributed by atoms with Crippen molar-refractivity contribution in [2.24, 2.45) is 0 Å². The molecule has 0 aliphatic carbocycles. The lowest BCUT2D eigenvalue weighted by Crippen LogP contribution is -2.44. The predicted octanol–water partition coefficient (Wildman–Crippen LogP) is 8.04. The molecule has 0 atom stereocenters. The number of aliphatic hydroxyl groups is 1. The van der Waals surface area contributed by atoms with Gasteiger partial charge in [-0.2, -0.15) is 0 Å². The summed E-state index contributed by atoms with van der Waals surface area (Å²) in [7, 11) is -2.17. The number of amides is 2. The largest absolute Gasteiger partial charge is 0.495 e. The number of carbonyl (C=O) groups is 1. The number of hydrogen-bond acceptors (Lipinski definition) is 7. The Morgan fingerprint density at radius 2 is 1.73 bits per heavy atom. The molecule has 14 heteroatoms. The highest BCUT2D eigenvalue weighted by atomic mass is 35.5. The molecule has 0 unspecified atom stereocenters. The topological polar surface area (TPSA) is 129 Å². The minimum absolute atomic E-state index is 0.0231. The highest BCUT2D eigenvalue weighted by molar-refractivity contribution is 8.23. The zero-order valence-electron chi connectivity index (χ0n) is 25.3. The van der Waals surface area contributed by atoms with Crippen LogP contribution in [0.25, 0.3) is 5.69 Å². The molecule has 1 heterocycles. The number of halogens is 3. The van der Waals surface area contributed by atoms with Gasteiger partial charge in [-0.1, -0.05) is 71.7 Å². The third kappa shape index (κ3) is 8.44. The number of methoxy groups -OCH3 is 1. The van der Waals surface area contributed by atoms with Crippen LogP contribution >= 0.6 is 45.7 Å². The maximum atomic E-state index is 13.9. The number of rotatable bonds is 11. The Bertz CT molecular complexity index is 1680. The van der Waals surface area contributed by atoms with E-state index >= 15 is 0 Å². The molecule has 2 amide bonds. The van der Waals surface area contributed by atoms with Crippen molar-refractivity contribution in [3.8, 4) is 11.4 Å². The summed E-state index contributed by atoms with van der Waals surface area (Å²) in [5.74, 6) is 0.549. The Labute approximate surface area is 277 Å². The second kappa shape index (κ2) is 13.8. The van der Waals surface area contributed by atoms with Crippen LogP contribution in [0.4, 0.5) is 9.18 Å². The fourth-order valence-corrected chi connectivity index (χ4v) is 6.97. The van der Waals surface area contributed by atoms with Crippen LogP contribution in [0.1, 0.15) is 44.5 Å². The molecule has 0 aliphatic rings. The van der Waals surface area contributed by atoms with Gasteiger partial charge in [-0.15, -0.1) is 0 Å². The van der Waals surface area contributed by atoms with Gasteiger partial charge in [0.2, 0.25) is 0 Å². The summed E-state index contributed by atoms with van der Waals surface area (Å²) in [6.07, 6.45) is 1.78. The molecule has 45 heavy (non-hydrogen) atoms. The van der Waals surface area contributed by atoms with Crippen molar-refractivity contribution in [2.75, 3.05) is 13.7 Å². The van der Waals surface area contributed by atoms with Gasteiger partial charge >= 0.3 is 6.03 Å². The van der Waals surface area contributed by atoms with Gasteiger partial charge < -0.3 is 15.2 Å². The quantitative estimate of drug-likeness (QED) is 0.100. The molecule has 4 rings (SSSR count). The van der Waals surface area contributed by atoms with E-state index in [0.29, 0.717) is 32.9 Å². The average molecular weight is 698 g/mol. The molecule has 9 nitrogen and oxygen atoms in total. The van der Waals surface area contributed by atoms with E-state index in [0.717, 1.165) is 11.3 Å². The second-order valence-electron chi connectivity index (χ2n) is 11.4. The first-order chi connectivity index (χ1) is 21.0. The van der Waals surface area contributed by atoms with Crippen molar-refractivity contribution in [3.63, 3.8) is 0 Å². The molecule has 3 aromatic carbocycles. The van der Waals surface area contributed by atoms with Crippen molar-refractivity contribution in [1.82, 2.24) is 19.6 Å². The van der Waals surface area contributed by atoms with Gasteiger partial charge in [-0.25, -0.2) is 18.9 Å². The summed E-state index contributed by atoms with van der Waals surface area (Å²) < 4.78 is 44.6. The summed E-state index contributed by atoms with van der Waals surface area (Å²) in [5, 5.41) is 13.6. The minimum atomic E-state index is -3.73. The molecule has 5 N–H and O–H groups in total. The molecule has 1 aromatic heterocycles. The molecular formula is C31H35Cl2FN4O5S2. The van der Waals surface area contributed by atoms with Gasteiger partial charge in [0.25, 0.3) is 0 Å². The van der Waals surface area contributed by atoms with Crippen LogP contribution < -0.4 is 14.8 Å². The number of thioether (sulfide) groups is 1. The molecule has 0 aliphatic heterocycles. The van der Waals surface area contributed by atoms with Crippen LogP contribution in [-0.2, 0) is 11.2 Å². The average Bonchev–Trinajstić information content (AvgIpc) is 3.40.